The summed E-state index contributed by atoms with van der Waals surface area (Å²) in [5.74, 6) is 0.0459. The van der Waals surface area contributed by atoms with Crippen molar-refractivity contribution in [2.24, 2.45) is 0 Å². The number of likely N-dealkylation sites (tertiary alicyclic amines) is 1. The van der Waals surface area contributed by atoms with Crippen LogP contribution < -0.4 is 5.32 Å². The molecular formula is C12H24N2O2. The van der Waals surface area contributed by atoms with Gasteiger partial charge in [0.2, 0.25) is 5.91 Å². The third kappa shape index (κ3) is 4.10. The fourth-order valence-corrected chi connectivity index (χ4v) is 1.88. The van der Waals surface area contributed by atoms with Crippen molar-refractivity contribution in [1.82, 2.24) is 10.2 Å². The maximum absolute atomic E-state index is 11.8. The molecule has 1 aliphatic heterocycles. The number of carbonyl (C=O) groups is 1. The number of hydrogen-bond acceptors (Lipinski definition) is 3. The predicted octanol–water partition coefficient (Wildman–Crippen LogP) is 0.748. The van der Waals surface area contributed by atoms with Crippen LogP contribution in [0.2, 0.25) is 0 Å². The van der Waals surface area contributed by atoms with Gasteiger partial charge in [-0.15, -0.1) is 0 Å². The zero-order chi connectivity index (χ0) is 12.4. The van der Waals surface area contributed by atoms with Gasteiger partial charge in [0.25, 0.3) is 0 Å². The molecule has 1 heterocycles. The van der Waals surface area contributed by atoms with Gasteiger partial charge in [-0.2, -0.15) is 0 Å². The Morgan fingerprint density at radius 1 is 1.56 bits per heavy atom. The molecule has 16 heavy (non-hydrogen) atoms. The van der Waals surface area contributed by atoms with Crippen LogP contribution in [-0.4, -0.2) is 46.7 Å². The van der Waals surface area contributed by atoms with E-state index in [9.17, 15) is 9.90 Å². The molecule has 4 heteroatoms. The molecule has 1 rings (SSSR count). The lowest BCUT2D eigenvalue weighted by Crippen LogP contribution is -2.47. The fourth-order valence-electron chi connectivity index (χ4n) is 1.88. The molecule has 1 aliphatic rings. The molecule has 0 aromatic heterocycles. The molecule has 0 spiro atoms. The molecule has 0 saturated carbocycles. The SMILES string of the molecule is CCC(C)(C)NC(=O)CN1CCC(C)(O)C1. The second-order valence-corrected chi connectivity index (χ2v) is 5.74. The highest BCUT2D eigenvalue weighted by Crippen LogP contribution is 2.19. The largest absolute Gasteiger partial charge is 0.389 e. The summed E-state index contributed by atoms with van der Waals surface area (Å²) in [5, 5.41) is 12.8. The summed E-state index contributed by atoms with van der Waals surface area (Å²) in [6.45, 7) is 9.69. The molecule has 1 atom stereocenters. The van der Waals surface area contributed by atoms with Crippen molar-refractivity contribution in [3.8, 4) is 0 Å². The zero-order valence-electron chi connectivity index (χ0n) is 10.8. The minimum absolute atomic E-state index is 0.0459. The molecule has 0 bridgehead atoms. The molecule has 2 N–H and O–H groups in total. The van der Waals surface area contributed by atoms with E-state index in [0.717, 1.165) is 19.4 Å². The van der Waals surface area contributed by atoms with E-state index < -0.39 is 5.60 Å². The van der Waals surface area contributed by atoms with Gasteiger partial charge in [-0.1, -0.05) is 6.92 Å². The molecule has 1 saturated heterocycles. The predicted molar refractivity (Wildman–Crippen MR) is 64.2 cm³/mol. The van der Waals surface area contributed by atoms with E-state index in [1.807, 2.05) is 25.7 Å². The Hall–Kier alpha value is -0.610. The number of aliphatic hydroxyl groups is 1. The molecule has 1 unspecified atom stereocenters. The Labute approximate surface area is 98.0 Å². The van der Waals surface area contributed by atoms with Crippen LogP contribution in [0.25, 0.3) is 0 Å². The lowest BCUT2D eigenvalue weighted by molar-refractivity contribution is -0.123. The van der Waals surface area contributed by atoms with Gasteiger partial charge in [0.1, 0.15) is 0 Å². The van der Waals surface area contributed by atoms with E-state index in [4.69, 9.17) is 0 Å². The average Bonchev–Trinajstić information content (AvgIpc) is 2.44. The van der Waals surface area contributed by atoms with Crippen LogP contribution in [0, 0.1) is 0 Å². The third-order valence-electron chi connectivity index (χ3n) is 3.26. The Kier molecular flexibility index (Phi) is 3.97. The van der Waals surface area contributed by atoms with Crippen molar-refractivity contribution in [1.29, 1.82) is 0 Å². The van der Waals surface area contributed by atoms with Gasteiger partial charge in [0, 0.05) is 18.6 Å². The van der Waals surface area contributed by atoms with Crippen molar-refractivity contribution in [3.05, 3.63) is 0 Å². The molecular weight excluding hydrogens is 204 g/mol. The molecule has 0 aromatic rings. The van der Waals surface area contributed by atoms with E-state index in [2.05, 4.69) is 12.2 Å². The summed E-state index contributed by atoms with van der Waals surface area (Å²) in [6.07, 6.45) is 1.66. The molecule has 0 radical (unpaired) electrons. The minimum Gasteiger partial charge on any atom is -0.389 e. The molecule has 94 valence electrons. The van der Waals surface area contributed by atoms with Crippen LogP contribution in [0.1, 0.15) is 40.5 Å². The lowest BCUT2D eigenvalue weighted by Gasteiger charge is -2.26. The molecule has 4 nitrogen and oxygen atoms in total. The highest BCUT2D eigenvalue weighted by Gasteiger charge is 2.32. The number of β-amino-alcohol motifs (C(OH)–C–C–N with tert-alkyl or cyclic N) is 1. The van der Waals surface area contributed by atoms with Crippen LogP contribution >= 0.6 is 0 Å². The fraction of sp³-hybridized carbons (Fsp3) is 0.917. The number of amides is 1. The smallest absolute Gasteiger partial charge is 0.234 e. The van der Waals surface area contributed by atoms with E-state index >= 15 is 0 Å². The molecule has 0 aromatic carbocycles. The first-order valence-electron chi connectivity index (χ1n) is 6.00. The third-order valence-corrected chi connectivity index (χ3v) is 3.26. The van der Waals surface area contributed by atoms with Crippen LogP contribution in [0.15, 0.2) is 0 Å². The Morgan fingerprint density at radius 2 is 2.19 bits per heavy atom. The summed E-state index contributed by atoms with van der Waals surface area (Å²) >= 11 is 0. The van der Waals surface area contributed by atoms with Gasteiger partial charge in [0.05, 0.1) is 12.1 Å². The number of hydrogen-bond donors (Lipinski definition) is 2. The lowest BCUT2D eigenvalue weighted by atomic mass is 10.0. The maximum Gasteiger partial charge on any atom is 0.234 e. The summed E-state index contributed by atoms with van der Waals surface area (Å²) in [5.41, 5.74) is -0.764. The quantitative estimate of drug-likeness (QED) is 0.746. The van der Waals surface area contributed by atoms with Gasteiger partial charge >= 0.3 is 0 Å². The topological polar surface area (TPSA) is 52.6 Å². The first-order chi connectivity index (χ1) is 7.24. The van der Waals surface area contributed by atoms with Crippen molar-refractivity contribution in [2.45, 2.75) is 51.7 Å². The maximum atomic E-state index is 11.8. The van der Waals surface area contributed by atoms with Gasteiger partial charge in [-0.05, 0) is 33.6 Å². The van der Waals surface area contributed by atoms with Gasteiger partial charge in [0.15, 0.2) is 0 Å². The van der Waals surface area contributed by atoms with Crippen molar-refractivity contribution < 1.29 is 9.90 Å². The number of nitrogens with zero attached hydrogens (tertiary/aromatic N) is 1. The van der Waals surface area contributed by atoms with Gasteiger partial charge in [-0.3, -0.25) is 9.69 Å². The molecule has 1 amide bonds. The zero-order valence-corrected chi connectivity index (χ0v) is 10.8. The number of carbonyl (C=O) groups excluding carboxylic acids is 1. The first kappa shape index (κ1) is 13.5. The van der Waals surface area contributed by atoms with Crippen molar-refractivity contribution >= 4 is 5.91 Å². The van der Waals surface area contributed by atoms with E-state index in [0.29, 0.717) is 13.1 Å². The second kappa shape index (κ2) is 4.72. The average molecular weight is 228 g/mol. The highest BCUT2D eigenvalue weighted by atomic mass is 16.3. The minimum atomic E-state index is -0.624. The molecule has 1 fully saturated rings. The Balaban J connectivity index is 2.36. The summed E-state index contributed by atoms with van der Waals surface area (Å²) < 4.78 is 0. The van der Waals surface area contributed by atoms with Gasteiger partial charge < -0.3 is 10.4 Å². The number of nitrogens with one attached hydrogen (secondary N) is 1. The number of rotatable bonds is 4. The van der Waals surface area contributed by atoms with Crippen molar-refractivity contribution in [3.63, 3.8) is 0 Å². The van der Waals surface area contributed by atoms with Crippen LogP contribution in [0.5, 0.6) is 0 Å². The normalized spacial score (nSPS) is 27.1. The first-order valence-corrected chi connectivity index (χ1v) is 6.00. The van der Waals surface area contributed by atoms with Crippen molar-refractivity contribution in [2.75, 3.05) is 19.6 Å². The second-order valence-electron chi connectivity index (χ2n) is 5.74. The van der Waals surface area contributed by atoms with Gasteiger partial charge in [-0.25, -0.2) is 0 Å². The van der Waals surface area contributed by atoms with E-state index in [-0.39, 0.29) is 11.4 Å². The van der Waals surface area contributed by atoms with Crippen LogP contribution in [-0.2, 0) is 4.79 Å². The summed E-state index contributed by atoms with van der Waals surface area (Å²) in [6, 6.07) is 0. The van der Waals surface area contributed by atoms with E-state index in [1.54, 1.807) is 0 Å². The monoisotopic (exact) mass is 228 g/mol. The van der Waals surface area contributed by atoms with Crippen LogP contribution in [0.3, 0.4) is 0 Å². The van der Waals surface area contributed by atoms with E-state index in [1.165, 1.54) is 0 Å². The Morgan fingerprint density at radius 3 is 2.62 bits per heavy atom. The molecule has 0 aliphatic carbocycles. The summed E-state index contributed by atoms with van der Waals surface area (Å²) in [4.78, 5) is 13.8. The standard InChI is InChI=1S/C12H24N2O2/c1-5-11(2,3)13-10(15)8-14-7-6-12(4,16)9-14/h16H,5-9H2,1-4H3,(H,13,15). The Bertz CT molecular complexity index is 262. The van der Waals surface area contributed by atoms with Crippen LogP contribution in [0.4, 0.5) is 0 Å². The summed E-state index contributed by atoms with van der Waals surface area (Å²) in [7, 11) is 0. The highest BCUT2D eigenvalue weighted by molar-refractivity contribution is 5.78.